The fraction of sp³-hybridized carbons (Fsp3) is 0.629. The third-order valence-electron chi connectivity index (χ3n) is 9.06. The fourth-order valence-electron chi connectivity index (χ4n) is 7.05. The summed E-state index contributed by atoms with van der Waals surface area (Å²) in [6, 6.07) is 11.6. The lowest BCUT2D eigenvalue weighted by molar-refractivity contribution is -0.136. The van der Waals surface area contributed by atoms with Crippen LogP contribution in [0.3, 0.4) is 0 Å². The average molecular weight is 535 g/mol. The molecule has 2 saturated carbocycles. The summed E-state index contributed by atoms with van der Waals surface area (Å²) in [6.07, 6.45) is 13.5. The Kier molecular flexibility index (Phi) is 10.1. The first-order chi connectivity index (χ1) is 18.2. The van der Waals surface area contributed by atoms with Gasteiger partial charge in [0.2, 0.25) is 0 Å². The largest absolute Gasteiger partial charge is 0.481 e. The molecule has 208 valence electrons. The lowest BCUT2D eigenvalue weighted by Crippen LogP contribution is -2.30. The van der Waals surface area contributed by atoms with Crippen molar-refractivity contribution in [3.8, 4) is 11.1 Å². The van der Waals surface area contributed by atoms with Gasteiger partial charge in [0, 0.05) is 0 Å². The normalized spacial score (nSPS) is 17.7. The van der Waals surface area contributed by atoms with Crippen LogP contribution >= 0.6 is 7.92 Å². The van der Waals surface area contributed by atoms with Gasteiger partial charge in [-0.25, -0.2) is 0 Å². The van der Waals surface area contributed by atoms with E-state index in [1.807, 2.05) is 0 Å². The fourth-order valence-corrected chi connectivity index (χ4v) is 11.2. The van der Waals surface area contributed by atoms with E-state index in [2.05, 4.69) is 71.9 Å². The molecule has 2 aromatic rings. The summed E-state index contributed by atoms with van der Waals surface area (Å²) < 4.78 is 0. The molecule has 0 heterocycles. The number of aliphatic carboxylic acids is 1. The highest BCUT2D eigenvalue weighted by Crippen LogP contribution is 2.57. The quantitative estimate of drug-likeness (QED) is 0.325. The van der Waals surface area contributed by atoms with E-state index in [1.54, 1.807) is 0 Å². The van der Waals surface area contributed by atoms with Crippen LogP contribution in [0, 0.1) is 0 Å². The molecule has 2 aliphatic carbocycles. The maximum absolute atomic E-state index is 12.2. The maximum atomic E-state index is 12.2. The van der Waals surface area contributed by atoms with Gasteiger partial charge < -0.3 is 5.11 Å². The molecule has 2 aromatic carbocycles. The lowest BCUT2D eigenvalue weighted by atomic mass is 9.81. The highest BCUT2D eigenvalue weighted by Gasteiger charge is 2.36. The Morgan fingerprint density at radius 1 is 0.789 bits per heavy atom. The van der Waals surface area contributed by atoms with E-state index in [4.69, 9.17) is 0 Å². The predicted molar refractivity (Wildman–Crippen MR) is 166 cm³/mol. The Labute approximate surface area is 233 Å². The van der Waals surface area contributed by atoms with Crippen molar-refractivity contribution >= 4 is 19.2 Å². The molecule has 0 amide bonds. The van der Waals surface area contributed by atoms with Crippen molar-refractivity contribution in [2.75, 3.05) is 0 Å². The maximum Gasteiger partial charge on any atom is 0.307 e. The minimum absolute atomic E-state index is 0.138. The number of rotatable bonds is 9. The van der Waals surface area contributed by atoms with E-state index in [0.29, 0.717) is 17.8 Å². The van der Waals surface area contributed by atoms with E-state index >= 15 is 0 Å². The van der Waals surface area contributed by atoms with E-state index in [0.717, 1.165) is 16.9 Å². The first-order valence-corrected chi connectivity index (χ1v) is 17.0. The van der Waals surface area contributed by atoms with E-state index in [1.165, 1.54) is 97.3 Å². The molecule has 0 spiro atoms. The van der Waals surface area contributed by atoms with Gasteiger partial charge in [0.15, 0.2) is 0 Å². The van der Waals surface area contributed by atoms with Crippen molar-refractivity contribution < 1.29 is 9.90 Å². The minimum atomic E-state index is -0.700. The van der Waals surface area contributed by atoms with Gasteiger partial charge in [-0.05, 0) is 93.4 Å². The second-order valence-corrected chi connectivity index (χ2v) is 15.6. The summed E-state index contributed by atoms with van der Waals surface area (Å²) in [5.74, 6) is 0.605. The predicted octanol–water partition coefficient (Wildman–Crippen LogP) is 10.1. The Morgan fingerprint density at radius 3 is 1.71 bits per heavy atom. The third kappa shape index (κ3) is 6.55. The van der Waals surface area contributed by atoms with Gasteiger partial charge in [0.05, 0.1) is 6.42 Å². The van der Waals surface area contributed by atoms with Crippen molar-refractivity contribution in [3.05, 3.63) is 52.6 Å². The molecule has 4 rings (SSSR count). The van der Waals surface area contributed by atoms with E-state index < -0.39 is 13.9 Å². The molecular formula is C35H51O2P. The van der Waals surface area contributed by atoms with Crippen LogP contribution in [0.5, 0.6) is 0 Å². The lowest BCUT2D eigenvalue weighted by Gasteiger charge is -2.41. The van der Waals surface area contributed by atoms with Gasteiger partial charge in [0.1, 0.15) is 0 Å². The number of hydrogen-bond donors (Lipinski definition) is 1. The Balaban J connectivity index is 2.03. The van der Waals surface area contributed by atoms with Crippen LogP contribution in [-0.2, 0) is 11.2 Å². The van der Waals surface area contributed by atoms with E-state index in [-0.39, 0.29) is 6.42 Å². The molecule has 0 unspecified atom stereocenters. The monoisotopic (exact) mass is 534 g/mol. The van der Waals surface area contributed by atoms with Crippen molar-refractivity contribution in [1.82, 2.24) is 0 Å². The Bertz CT molecular complexity index is 1040. The highest BCUT2D eigenvalue weighted by atomic mass is 31.1. The zero-order valence-electron chi connectivity index (χ0n) is 24.9. The molecule has 0 saturated heterocycles. The number of carbonyl (C=O) groups is 1. The topological polar surface area (TPSA) is 37.3 Å². The first kappa shape index (κ1) is 29.3. The second kappa shape index (κ2) is 13.1. The first-order valence-electron chi connectivity index (χ1n) is 15.5. The zero-order valence-corrected chi connectivity index (χ0v) is 25.7. The number of hydrogen-bond acceptors (Lipinski definition) is 1. The highest BCUT2D eigenvalue weighted by molar-refractivity contribution is 7.67. The van der Waals surface area contributed by atoms with Crippen LogP contribution in [0.15, 0.2) is 30.3 Å². The van der Waals surface area contributed by atoms with Crippen LogP contribution in [0.2, 0.25) is 0 Å². The van der Waals surface area contributed by atoms with Gasteiger partial charge in [-0.3, -0.25) is 4.79 Å². The summed E-state index contributed by atoms with van der Waals surface area (Å²) in [5, 5.41) is 11.5. The molecule has 0 radical (unpaired) electrons. The summed E-state index contributed by atoms with van der Waals surface area (Å²) >= 11 is 0. The van der Waals surface area contributed by atoms with Crippen LogP contribution < -0.4 is 5.30 Å². The molecule has 3 heteroatoms. The van der Waals surface area contributed by atoms with Crippen molar-refractivity contribution in [1.29, 1.82) is 0 Å². The van der Waals surface area contributed by atoms with Gasteiger partial charge in [-0.1, -0.05) is 118 Å². The molecule has 0 aliphatic heterocycles. The number of benzene rings is 2. The van der Waals surface area contributed by atoms with Crippen LogP contribution in [0.1, 0.15) is 146 Å². The smallest absolute Gasteiger partial charge is 0.307 e. The second-order valence-electron chi connectivity index (χ2n) is 12.9. The number of carboxylic acids is 1. The molecule has 38 heavy (non-hydrogen) atoms. The SMILES string of the molecule is CC(C)c1cc(C(C)C)c(-c2cccc(CC(=O)O)c2P(C2CCCCC2)C2CCCCC2)c(C(C)C)c1. The van der Waals surface area contributed by atoms with Crippen LogP contribution in [0.4, 0.5) is 0 Å². The van der Waals surface area contributed by atoms with Crippen molar-refractivity contribution in [2.45, 2.75) is 141 Å². The third-order valence-corrected chi connectivity index (χ3v) is 12.7. The minimum Gasteiger partial charge on any atom is -0.481 e. The molecule has 0 aromatic heterocycles. The van der Waals surface area contributed by atoms with Crippen LogP contribution in [-0.4, -0.2) is 22.4 Å². The Morgan fingerprint density at radius 2 is 1.29 bits per heavy atom. The molecule has 2 fully saturated rings. The average Bonchev–Trinajstić information content (AvgIpc) is 2.89. The van der Waals surface area contributed by atoms with Gasteiger partial charge in [0.25, 0.3) is 0 Å². The summed E-state index contributed by atoms with van der Waals surface area (Å²) in [4.78, 5) is 12.2. The molecule has 0 bridgehead atoms. The molecule has 2 aliphatic rings. The molecule has 2 nitrogen and oxygen atoms in total. The number of carboxylic acid groups (broad SMARTS) is 1. The van der Waals surface area contributed by atoms with E-state index in [9.17, 15) is 9.90 Å². The molecule has 0 atom stereocenters. The molecular weight excluding hydrogens is 483 g/mol. The van der Waals surface area contributed by atoms with Crippen molar-refractivity contribution in [3.63, 3.8) is 0 Å². The van der Waals surface area contributed by atoms with Crippen LogP contribution in [0.25, 0.3) is 11.1 Å². The van der Waals surface area contributed by atoms with Gasteiger partial charge in [-0.15, -0.1) is 0 Å². The standard InChI is InChI=1S/C35H51O2P/c1-23(2)27-20-31(24(3)4)34(32(21-27)25(5)6)30-19-13-14-26(22-33(36)37)35(30)38(28-15-9-7-10-16-28)29-17-11-8-12-18-29/h13-14,19-21,23-25,28-29H,7-12,15-18,22H2,1-6H3,(H,36,37). The zero-order chi connectivity index (χ0) is 27.4. The summed E-state index contributed by atoms with van der Waals surface area (Å²) in [7, 11) is -0.435. The van der Waals surface area contributed by atoms with Gasteiger partial charge in [-0.2, -0.15) is 0 Å². The molecule has 1 N–H and O–H groups in total. The summed E-state index contributed by atoms with van der Waals surface area (Å²) in [6.45, 7) is 13.9. The van der Waals surface area contributed by atoms with Gasteiger partial charge >= 0.3 is 5.97 Å². The Hall–Kier alpha value is -1.66. The summed E-state index contributed by atoms with van der Waals surface area (Å²) in [5.41, 5.74) is 9.65. The van der Waals surface area contributed by atoms with Crippen molar-refractivity contribution in [2.24, 2.45) is 0 Å².